The zero-order valence-corrected chi connectivity index (χ0v) is 21.5. The van der Waals surface area contributed by atoms with E-state index in [4.69, 9.17) is 25.8 Å². The van der Waals surface area contributed by atoms with E-state index in [0.717, 1.165) is 11.1 Å². The topological polar surface area (TPSA) is 94.2 Å². The van der Waals surface area contributed by atoms with E-state index in [2.05, 4.69) is 5.32 Å². The average Bonchev–Trinajstić information content (AvgIpc) is 2.81. The SMILES string of the molecule is COc1cc2c(cc1OC)CN(S(=O)(=O)CCCNC(=O)C(C)(C)Oc1ccc(Cl)cc1)CC2. The minimum absolute atomic E-state index is 0.0611. The summed E-state index contributed by atoms with van der Waals surface area (Å²) in [6.45, 7) is 4.22. The lowest BCUT2D eigenvalue weighted by Gasteiger charge is -2.29. The van der Waals surface area contributed by atoms with E-state index >= 15 is 0 Å². The molecule has 2 aromatic rings. The Bertz CT molecular complexity index is 1120. The first-order valence-electron chi connectivity index (χ1n) is 11.0. The Balaban J connectivity index is 1.51. The molecule has 1 N–H and O–H groups in total. The molecule has 1 aliphatic rings. The molecule has 2 aromatic carbocycles. The summed E-state index contributed by atoms with van der Waals surface area (Å²) in [5.74, 6) is 1.34. The van der Waals surface area contributed by atoms with Gasteiger partial charge in [0.25, 0.3) is 5.91 Å². The van der Waals surface area contributed by atoms with Crippen LogP contribution in [-0.4, -0.2) is 57.3 Å². The van der Waals surface area contributed by atoms with Crippen molar-refractivity contribution < 1.29 is 27.4 Å². The number of amides is 1. The number of halogens is 1. The van der Waals surface area contributed by atoms with Crippen molar-refractivity contribution in [2.24, 2.45) is 0 Å². The number of nitrogens with one attached hydrogen (secondary N) is 1. The smallest absolute Gasteiger partial charge is 0.263 e. The van der Waals surface area contributed by atoms with Gasteiger partial charge in [0.1, 0.15) is 5.75 Å². The summed E-state index contributed by atoms with van der Waals surface area (Å²) in [4.78, 5) is 12.6. The predicted molar refractivity (Wildman–Crippen MR) is 131 cm³/mol. The van der Waals surface area contributed by atoms with Gasteiger partial charge in [0, 0.05) is 24.7 Å². The van der Waals surface area contributed by atoms with Crippen LogP contribution in [0, 0.1) is 0 Å². The molecule has 0 saturated heterocycles. The molecule has 0 atom stereocenters. The Morgan fingerprint density at radius 3 is 2.32 bits per heavy atom. The second kappa shape index (κ2) is 10.8. The normalized spacial score (nSPS) is 14.3. The highest BCUT2D eigenvalue weighted by molar-refractivity contribution is 7.89. The zero-order chi connectivity index (χ0) is 24.9. The van der Waals surface area contributed by atoms with Gasteiger partial charge in [-0.3, -0.25) is 4.79 Å². The van der Waals surface area contributed by atoms with Gasteiger partial charge in [0.2, 0.25) is 10.0 Å². The van der Waals surface area contributed by atoms with Crippen LogP contribution in [0.1, 0.15) is 31.4 Å². The van der Waals surface area contributed by atoms with Gasteiger partial charge in [-0.25, -0.2) is 8.42 Å². The van der Waals surface area contributed by atoms with E-state index in [1.807, 2.05) is 12.1 Å². The second-order valence-electron chi connectivity index (χ2n) is 8.55. The molecule has 1 heterocycles. The predicted octanol–water partition coefficient (Wildman–Crippen LogP) is 3.41. The van der Waals surface area contributed by atoms with E-state index in [-0.39, 0.29) is 24.7 Å². The molecule has 0 radical (unpaired) electrons. The summed E-state index contributed by atoms with van der Waals surface area (Å²) >= 11 is 5.88. The fraction of sp³-hybridized carbons (Fsp3) is 0.458. The number of rotatable bonds is 10. The van der Waals surface area contributed by atoms with Gasteiger partial charge in [-0.2, -0.15) is 4.31 Å². The molecule has 0 aliphatic carbocycles. The number of hydrogen-bond acceptors (Lipinski definition) is 6. The van der Waals surface area contributed by atoms with Gasteiger partial charge < -0.3 is 19.5 Å². The fourth-order valence-electron chi connectivity index (χ4n) is 3.74. The number of sulfonamides is 1. The van der Waals surface area contributed by atoms with Crippen LogP contribution in [-0.2, 0) is 27.8 Å². The van der Waals surface area contributed by atoms with Crippen LogP contribution < -0.4 is 19.5 Å². The van der Waals surface area contributed by atoms with Crippen molar-refractivity contribution in [2.75, 3.05) is 33.1 Å². The highest BCUT2D eigenvalue weighted by Gasteiger charge is 2.31. The van der Waals surface area contributed by atoms with E-state index < -0.39 is 15.6 Å². The first-order chi connectivity index (χ1) is 16.1. The van der Waals surface area contributed by atoms with Crippen LogP contribution in [0.2, 0.25) is 5.02 Å². The van der Waals surface area contributed by atoms with Gasteiger partial charge in [-0.15, -0.1) is 0 Å². The van der Waals surface area contributed by atoms with Gasteiger partial charge >= 0.3 is 0 Å². The van der Waals surface area contributed by atoms with Crippen LogP contribution in [0.25, 0.3) is 0 Å². The van der Waals surface area contributed by atoms with E-state index in [1.54, 1.807) is 52.3 Å². The van der Waals surface area contributed by atoms with Crippen molar-refractivity contribution in [2.45, 2.75) is 38.8 Å². The van der Waals surface area contributed by atoms with Crippen LogP contribution in [0.15, 0.2) is 36.4 Å². The van der Waals surface area contributed by atoms with Gasteiger partial charge in [0.05, 0.1) is 20.0 Å². The van der Waals surface area contributed by atoms with Crippen molar-refractivity contribution in [3.05, 3.63) is 52.5 Å². The number of benzene rings is 2. The highest BCUT2D eigenvalue weighted by atomic mass is 35.5. The van der Waals surface area contributed by atoms with Crippen LogP contribution in [0.5, 0.6) is 17.2 Å². The lowest BCUT2D eigenvalue weighted by atomic mass is 10.0. The summed E-state index contributed by atoms with van der Waals surface area (Å²) in [6, 6.07) is 10.5. The molecule has 34 heavy (non-hydrogen) atoms. The van der Waals surface area contributed by atoms with Gasteiger partial charge in [-0.1, -0.05) is 11.6 Å². The third kappa shape index (κ3) is 6.34. The molecule has 3 rings (SSSR count). The quantitative estimate of drug-likeness (QED) is 0.492. The number of ether oxygens (including phenoxy) is 3. The third-order valence-corrected chi connectivity index (χ3v) is 7.83. The Kier molecular flexibility index (Phi) is 8.33. The number of nitrogens with zero attached hydrogens (tertiary/aromatic N) is 1. The molecule has 0 bridgehead atoms. The Morgan fingerprint density at radius 2 is 1.71 bits per heavy atom. The summed E-state index contributed by atoms with van der Waals surface area (Å²) in [6.07, 6.45) is 0.891. The molecule has 10 heteroatoms. The number of fused-ring (bicyclic) bond motifs is 1. The molecule has 0 fully saturated rings. The molecular weight excluding hydrogens is 480 g/mol. The maximum Gasteiger partial charge on any atom is 0.263 e. The third-order valence-electron chi connectivity index (χ3n) is 5.67. The number of carbonyl (C=O) groups excluding carboxylic acids is 1. The van der Waals surface area contributed by atoms with Crippen molar-refractivity contribution in [1.29, 1.82) is 0 Å². The van der Waals surface area contributed by atoms with Crippen LogP contribution in [0.4, 0.5) is 0 Å². The summed E-state index contributed by atoms with van der Waals surface area (Å²) in [7, 11) is -0.351. The van der Waals surface area contributed by atoms with E-state index in [1.165, 1.54) is 4.31 Å². The standard InChI is InChI=1S/C24H31ClN2O6S/c1-24(2,33-20-8-6-19(25)7-9-20)23(28)26-11-5-13-34(29,30)27-12-10-17-14-21(31-3)22(32-4)15-18(17)16-27/h6-9,14-15H,5,10-13,16H2,1-4H3,(H,26,28). The summed E-state index contributed by atoms with van der Waals surface area (Å²) in [5.41, 5.74) is 0.838. The Hall–Kier alpha value is -2.49. The summed E-state index contributed by atoms with van der Waals surface area (Å²) < 4.78 is 43.7. The maximum atomic E-state index is 12.9. The van der Waals surface area contributed by atoms with Crippen LogP contribution >= 0.6 is 11.6 Å². The Labute approximate surface area is 206 Å². The summed E-state index contributed by atoms with van der Waals surface area (Å²) in [5, 5.41) is 3.35. The lowest BCUT2D eigenvalue weighted by Crippen LogP contribution is -2.47. The fourth-order valence-corrected chi connectivity index (χ4v) is 5.34. The average molecular weight is 511 g/mol. The number of hydrogen-bond donors (Lipinski definition) is 1. The second-order valence-corrected chi connectivity index (χ2v) is 11.1. The largest absolute Gasteiger partial charge is 0.493 e. The minimum atomic E-state index is -3.48. The van der Waals surface area contributed by atoms with Crippen molar-refractivity contribution in [3.63, 3.8) is 0 Å². The number of carbonyl (C=O) groups is 1. The van der Waals surface area contributed by atoms with Crippen molar-refractivity contribution >= 4 is 27.5 Å². The monoisotopic (exact) mass is 510 g/mol. The highest BCUT2D eigenvalue weighted by Crippen LogP contribution is 2.33. The van der Waals surface area contributed by atoms with E-state index in [9.17, 15) is 13.2 Å². The van der Waals surface area contributed by atoms with E-state index in [0.29, 0.717) is 41.7 Å². The molecule has 1 amide bonds. The molecule has 186 valence electrons. The van der Waals surface area contributed by atoms with Gasteiger partial charge in [0.15, 0.2) is 17.1 Å². The Morgan fingerprint density at radius 1 is 1.09 bits per heavy atom. The first-order valence-corrected chi connectivity index (χ1v) is 13.0. The molecule has 8 nitrogen and oxygen atoms in total. The molecule has 0 aromatic heterocycles. The molecule has 0 saturated carbocycles. The zero-order valence-electron chi connectivity index (χ0n) is 19.9. The minimum Gasteiger partial charge on any atom is -0.493 e. The van der Waals surface area contributed by atoms with Crippen LogP contribution in [0.3, 0.4) is 0 Å². The molecule has 0 unspecified atom stereocenters. The van der Waals surface area contributed by atoms with Crippen molar-refractivity contribution in [3.8, 4) is 17.2 Å². The number of methoxy groups -OCH3 is 2. The maximum absolute atomic E-state index is 12.9. The van der Waals surface area contributed by atoms with Gasteiger partial charge in [-0.05, 0) is 74.2 Å². The molecule has 0 spiro atoms. The van der Waals surface area contributed by atoms with Crippen molar-refractivity contribution in [1.82, 2.24) is 9.62 Å². The lowest BCUT2D eigenvalue weighted by molar-refractivity contribution is -0.134. The first kappa shape index (κ1) is 26.1. The molecular formula is C24H31ClN2O6S. The molecule has 1 aliphatic heterocycles.